The van der Waals surface area contributed by atoms with Gasteiger partial charge in [-0.25, -0.2) is 4.79 Å². The van der Waals surface area contributed by atoms with Crippen LogP contribution in [-0.4, -0.2) is 59.5 Å². The van der Waals surface area contributed by atoms with E-state index in [1.54, 1.807) is 0 Å². The van der Waals surface area contributed by atoms with Crippen LogP contribution in [0.5, 0.6) is 0 Å². The summed E-state index contributed by atoms with van der Waals surface area (Å²) in [5.74, 6) is -11.4. The molecule has 4 aliphatic carbocycles. The highest BCUT2D eigenvalue weighted by molar-refractivity contribution is 7.86. The summed E-state index contributed by atoms with van der Waals surface area (Å²) < 4.78 is 146. The molecular formula is C17H18F8O8S. The van der Waals surface area contributed by atoms with Crippen molar-refractivity contribution in [3.05, 3.63) is 0 Å². The van der Waals surface area contributed by atoms with Crippen LogP contribution in [0.1, 0.15) is 38.5 Å². The number of aliphatic carboxylic acids is 1. The van der Waals surface area contributed by atoms with E-state index in [1.807, 2.05) is 0 Å². The van der Waals surface area contributed by atoms with Gasteiger partial charge in [-0.15, -0.1) is 0 Å². The molecule has 196 valence electrons. The van der Waals surface area contributed by atoms with Gasteiger partial charge in [0.25, 0.3) is 0 Å². The minimum Gasteiger partial charge on any atom is -0.476 e. The lowest BCUT2D eigenvalue weighted by atomic mass is 9.49. The van der Waals surface area contributed by atoms with E-state index in [0.29, 0.717) is 19.3 Å². The predicted octanol–water partition coefficient (Wildman–Crippen LogP) is 3.52. The predicted molar refractivity (Wildman–Crippen MR) is 90.5 cm³/mol. The third-order valence-electron chi connectivity index (χ3n) is 6.59. The Bertz CT molecular complexity index is 924. The second kappa shape index (κ2) is 7.88. The van der Waals surface area contributed by atoms with Gasteiger partial charge >= 0.3 is 45.5 Å². The van der Waals surface area contributed by atoms with Crippen LogP contribution in [0.15, 0.2) is 0 Å². The van der Waals surface area contributed by atoms with Crippen molar-refractivity contribution in [2.45, 2.75) is 68.0 Å². The Morgan fingerprint density at radius 1 is 0.882 bits per heavy atom. The highest BCUT2D eigenvalue weighted by Crippen LogP contribution is 2.61. The second-order valence-corrected chi connectivity index (χ2v) is 10.6. The molecule has 2 N–H and O–H groups in total. The number of esters is 1. The molecule has 4 saturated carbocycles. The average Bonchev–Trinajstić information content (AvgIpc) is 2.60. The number of rotatable bonds is 7. The van der Waals surface area contributed by atoms with Crippen LogP contribution in [-0.2, 0) is 29.2 Å². The SMILES string of the molecule is O=C(OC(OC(C(F)(F)F)C(F)(F)S(=O)(=O)O)(C(=O)O)C(F)(F)F)C12CC3CC(CC(C3)C1)C2. The van der Waals surface area contributed by atoms with Crippen molar-refractivity contribution in [3.8, 4) is 0 Å². The van der Waals surface area contributed by atoms with Crippen LogP contribution in [0.4, 0.5) is 35.1 Å². The molecule has 0 aliphatic heterocycles. The molecule has 2 atom stereocenters. The maximum atomic E-state index is 13.8. The van der Waals surface area contributed by atoms with Crippen molar-refractivity contribution in [2.24, 2.45) is 23.2 Å². The fourth-order valence-electron chi connectivity index (χ4n) is 5.59. The Labute approximate surface area is 186 Å². The number of halogens is 8. The number of hydrogen-bond donors (Lipinski definition) is 2. The van der Waals surface area contributed by atoms with Gasteiger partial charge in [-0.05, 0) is 56.3 Å². The topological polar surface area (TPSA) is 127 Å². The highest BCUT2D eigenvalue weighted by Gasteiger charge is 2.75. The van der Waals surface area contributed by atoms with E-state index >= 15 is 0 Å². The van der Waals surface area contributed by atoms with E-state index in [1.165, 1.54) is 0 Å². The van der Waals surface area contributed by atoms with Gasteiger partial charge in [0.2, 0.25) is 6.10 Å². The van der Waals surface area contributed by atoms with Gasteiger partial charge in [-0.3, -0.25) is 9.35 Å². The van der Waals surface area contributed by atoms with Gasteiger partial charge in [-0.1, -0.05) is 0 Å². The molecule has 2 unspecified atom stereocenters. The van der Waals surface area contributed by atoms with Crippen LogP contribution >= 0.6 is 0 Å². The summed E-state index contributed by atoms with van der Waals surface area (Å²) in [6, 6.07) is 0. The molecule has 0 saturated heterocycles. The zero-order chi connectivity index (χ0) is 26.1. The molecule has 0 radical (unpaired) electrons. The molecule has 0 aromatic carbocycles. The number of alkyl halides is 8. The van der Waals surface area contributed by atoms with E-state index < -0.39 is 57.0 Å². The number of ether oxygens (including phenoxy) is 2. The molecule has 4 rings (SSSR count). The first-order chi connectivity index (χ1) is 15.1. The highest BCUT2D eigenvalue weighted by atomic mass is 32.2. The molecule has 4 bridgehead atoms. The molecule has 0 aromatic rings. The molecule has 0 aromatic heterocycles. The molecular weight excluding hydrogens is 516 g/mol. The van der Waals surface area contributed by atoms with Crippen LogP contribution in [0.2, 0.25) is 0 Å². The van der Waals surface area contributed by atoms with E-state index in [2.05, 4.69) is 9.47 Å². The summed E-state index contributed by atoms with van der Waals surface area (Å²) in [6.07, 6.45) is -16.8. The van der Waals surface area contributed by atoms with Crippen molar-refractivity contribution >= 4 is 22.1 Å². The number of carbonyl (C=O) groups excluding carboxylic acids is 1. The standard InChI is InChI=1S/C17H18F8O8S/c18-15(19,20)10(16(21,22)34(29,30)31)32-14(11(26)27,17(23,24)25)33-12(28)13-4-7-1-8(5-13)3-9(2-7)6-13/h7-10H,1-6H2,(H,26,27)(H,29,30,31). The van der Waals surface area contributed by atoms with Crippen LogP contribution in [0.3, 0.4) is 0 Å². The van der Waals surface area contributed by atoms with Gasteiger partial charge in [-0.2, -0.15) is 43.5 Å². The quantitative estimate of drug-likeness (QED) is 0.220. The normalized spacial score (nSPS) is 32.2. The molecule has 4 fully saturated rings. The zero-order valence-corrected chi connectivity index (χ0v) is 17.6. The first-order valence-corrected chi connectivity index (χ1v) is 11.2. The van der Waals surface area contributed by atoms with E-state index in [9.17, 15) is 53.1 Å². The molecule has 0 amide bonds. The van der Waals surface area contributed by atoms with Crippen molar-refractivity contribution in [3.63, 3.8) is 0 Å². The summed E-state index contributed by atoms with van der Waals surface area (Å²) in [5, 5.41) is 2.63. The van der Waals surface area contributed by atoms with Crippen LogP contribution < -0.4 is 0 Å². The van der Waals surface area contributed by atoms with Crippen molar-refractivity contribution in [1.29, 1.82) is 0 Å². The summed E-state index contributed by atoms with van der Waals surface area (Å²) in [6.45, 7) is 0. The molecule has 0 heterocycles. The Balaban J connectivity index is 2.05. The van der Waals surface area contributed by atoms with Gasteiger partial charge in [0.05, 0.1) is 5.41 Å². The number of carbonyl (C=O) groups is 2. The van der Waals surface area contributed by atoms with E-state index in [0.717, 1.165) is 0 Å². The molecule has 34 heavy (non-hydrogen) atoms. The molecule has 8 nitrogen and oxygen atoms in total. The first-order valence-electron chi connectivity index (χ1n) is 9.77. The maximum Gasteiger partial charge on any atom is 0.468 e. The Morgan fingerprint density at radius 3 is 1.59 bits per heavy atom. The van der Waals surface area contributed by atoms with Crippen molar-refractivity contribution in [1.82, 2.24) is 0 Å². The van der Waals surface area contributed by atoms with Gasteiger partial charge in [0, 0.05) is 0 Å². The molecule has 4 aliphatic rings. The summed E-state index contributed by atoms with van der Waals surface area (Å²) in [7, 11) is -7.07. The summed E-state index contributed by atoms with van der Waals surface area (Å²) in [5.41, 5.74) is -1.69. The monoisotopic (exact) mass is 534 g/mol. The fraction of sp³-hybridized carbons (Fsp3) is 0.882. The second-order valence-electron chi connectivity index (χ2n) is 9.08. The van der Waals surface area contributed by atoms with Crippen molar-refractivity contribution < 1.29 is 72.3 Å². The Kier molecular flexibility index (Phi) is 6.22. The van der Waals surface area contributed by atoms with E-state index in [4.69, 9.17) is 9.66 Å². The Hall–Kier alpha value is -1.75. The van der Waals surface area contributed by atoms with Crippen molar-refractivity contribution in [2.75, 3.05) is 0 Å². The maximum absolute atomic E-state index is 13.8. The average molecular weight is 534 g/mol. The minimum absolute atomic E-state index is 0.0454. The van der Waals surface area contributed by atoms with Gasteiger partial charge in [0.15, 0.2) is 0 Å². The zero-order valence-electron chi connectivity index (χ0n) is 16.8. The van der Waals surface area contributed by atoms with Gasteiger partial charge in [0.1, 0.15) is 0 Å². The third-order valence-corrected chi connectivity index (χ3v) is 7.49. The lowest BCUT2D eigenvalue weighted by Crippen LogP contribution is -2.65. The van der Waals surface area contributed by atoms with E-state index in [-0.39, 0.29) is 37.0 Å². The lowest BCUT2D eigenvalue weighted by molar-refractivity contribution is -0.401. The largest absolute Gasteiger partial charge is 0.476 e. The fourth-order valence-corrected chi connectivity index (χ4v) is 6.04. The number of carboxylic acids is 1. The molecule has 17 heteroatoms. The molecule has 0 spiro atoms. The van der Waals surface area contributed by atoms with Crippen LogP contribution in [0.25, 0.3) is 0 Å². The minimum atomic E-state index is -7.07. The smallest absolute Gasteiger partial charge is 0.468 e. The summed E-state index contributed by atoms with van der Waals surface area (Å²) >= 11 is 0. The lowest BCUT2D eigenvalue weighted by Gasteiger charge is -2.55. The third kappa shape index (κ3) is 4.34. The number of hydrogen-bond acceptors (Lipinski definition) is 6. The van der Waals surface area contributed by atoms with Crippen LogP contribution in [0, 0.1) is 23.2 Å². The Morgan fingerprint density at radius 2 is 1.29 bits per heavy atom. The summed E-state index contributed by atoms with van der Waals surface area (Å²) in [4.78, 5) is 24.4. The van der Waals surface area contributed by atoms with Gasteiger partial charge < -0.3 is 14.6 Å². The number of carboxylic acid groups (broad SMARTS) is 1. The first kappa shape index (κ1) is 26.8.